The summed E-state index contributed by atoms with van der Waals surface area (Å²) in [6.07, 6.45) is 1.75. The van der Waals surface area contributed by atoms with Crippen molar-refractivity contribution in [1.29, 1.82) is 0 Å². The molecule has 1 N–H and O–H groups in total. The van der Waals surface area contributed by atoms with E-state index < -0.39 is 10.0 Å². The summed E-state index contributed by atoms with van der Waals surface area (Å²) in [5.74, 6) is -0.112. The maximum atomic E-state index is 13.0. The summed E-state index contributed by atoms with van der Waals surface area (Å²) in [6.45, 7) is 2.01. The number of nitrogens with zero attached hydrogens (tertiary/aromatic N) is 1. The summed E-state index contributed by atoms with van der Waals surface area (Å²) in [5.41, 5.74) is 1.79. The number of rotatable bonds is 8. The number of aryl methyl sites for hydroxylation is 1. The number of hydrogen-bond acceptors (Lipinski definition) is 4. The van der Waals surface area contributed by atoms with Crippen molar-refractivity contribution in [1.82, 2.24) is 5.32 Å². The maximum Gasteiger partial charge on any atom is 0.264 e. The monoisotopic (exact) mass is 556 g/mol. The van der Waals surface area contributed by atoms with Gasteiger partial charge in [0.25, 0.3) is 15.9 Å². The lowest BCUT2D eigenvalue weighted by Gasteiger charge is -2.19. The van der Waals surface area contributed by atoms with Crippen molar-refractivity contribution in [3.05, 3.63) is 93.8 Å². The molecule has 1 aromatic heterocycles. The Morgan fingerprint density at radius 2 is 1.74 bits per heavy atom. The summed E-state index contributed by atoms with van der Waals surface area (Å²) in [6, 6.07) is 24.0. The summed E-state index contributed by atoms with van der Waals surface area (Å²) >= 11 is 4.73. The molecule has 0 fully saturated rings. The smallest absolute Gasteiger partial charge is 0.264 e. The number of anilines is 1. The molecular weight excluding hydrogens is 532 g/mol. The largest absolute Gasteiger partial charge is 0.349 e. The van der Waals surface area contributed by atoms with Gasteiger partial charge in [0.1, 0.15) is 0 Å². The van der Waals surface area contributed by atoms with E-state index in [-0.39, 0.29) is 16.8 Å². The topological polar surface area (TPSA) is 66.5 Å². The third kappa shape index (κ3) is 5.51. The Hall–Kier alpha value is -2.68. The van der Waals surface area contributed by atoms with E-state index in [0.29, 0.717) is 10.6 Å². The van der Waals surface area contributed by atoms with Crippen molar-refractivity contribution in [2.24, 2.45) is 0 Å². The minimum atomic E-state index is -3.70. The lowest BCUT2D eigenvalue weighted by atomic mass is 10.1. The second kappa shape index (κ2) is 10.3. The predicted molar refractivity (Wildman–Crippen MR) is 143 cm³/mol. The van der Waals surface area contributed by atoms with Crippen LogP contribution in [0.4, 0.5) is 5.69 Å². The van der Waals surface area contributed by atoms with Gasteiger partial charge in [0.05, 0.1) is 15.5 Å². The fourth-order valence-electron chi connectivity index (χ4n) is 3.64. The second-order valence-electron chi connectivity index (χ2n) is 8.16. The van der Waals surface area contributed by atoms with Crippen LogP contribution in [0.15, 0.2) is 88.2 Å². The second-order valence-corrected chi connectivity index (χ2v) is 12.1. The Kier molecular flexibility index (Phi) is 7.40. The van der Waals surface area contributed by atoms with Gasteiger partial charge >= 0.3 is 0 Å². The van der Waals surface area contributed by atoms with Crippen molar-refractivity contribution < 1.29 is 13.2 Å². The van der Waals surface area contributed by atoms with Crippen molar-refractivity contribution >= 4 is 59.0 Å². The van der Waals surface area contributed by atoms with Crippen molar-refractivity contribution in [2.75, 3.05) is 11.4 Å². The van der Waals surface area contributed by atoms with Crippen molar-refractivity contribution in [3.63, 3.8) is 0 Å². The number of fused-ring (bicyclic) bond motifs is 1. The van der Waals surface area contributed by atoms with E-state index >= 15 is 0 Å². The number of carbonyl (C=O) groups excluding carboxylic acids is 1. The Morgan fingerprint density at radius 1 is 1.03 bits per heavy atom. The predicted octanol–water partition coefficient (Wildman–Crippen LogP) is 6.24. The molecule has 4 rings (SSSR count). The normalized spacial score (nSPS) is 12.4. The van der Waals surface area contributed by atoms with Crippen molar-refractivity contribution in [3.8, 4) is 0 Å². The molecule has 1 heterocycles. The van der Waals surface area contributed by atoms with Gasteiger partial charge in [0.15, 0.2) is 0 Å². The van der Waals surface area contributed by atoms with Crippen LogP contribution in [0.1, 0.15) is 28.6 Å². The maximum absolute atomic E-state index is 13.0. The third-order valence-electron chi connectivity index (χ3n) is 5.65. The number of amides is 1. The minimum absolute atomic E-state index is 0.0377. The summed E-state index contributed by atoms with van der Waals surface area (Å²) in [7, 11) is -2.16. The van der Waals surface area contributed by atoms with Crippen LogP contribution in [-0.4, -0.2) is 27.4 Å². The molecule has 0 aliphatic carbocycles. The molecule has 0 aliphatic rings. The summed E-state index contributed by atoms with van der Waals surface area (Å²) < 4.78 is 29.1. The SMILES string of the molecule is C[C@@H](CCc1ccccc1)NC(=O)c1cc2cc(N(C)S(=O)(=O)c3ccc(Br)cc3)ccc2s1. The third-order valence-corrected chi connectivity index (χ3v) is 9.09. The standard InChI is InChI=1S/C26H25BrN2O3S2/c1-18(8-9-19-6-4-3-5-7-19)28-26(30)25-17-20-16-22(12-15-24(20)33-25)29(2)34(31,32)23-13-10-21(27)11-14-23/h3-7,10-18H,8-9H2,1-2H3,(H,28,30)/t18-/m0/s1. The Morgan fingerprint density at radius 3 is 2.44 bits per heavy atom. The van der Waals surface area contributed by atoms with Crippen molar-refractivity contribution in [2.45, 2.75) is 30.7 Å². The zero-order chi connectivity index (χ0) is 24.3. The molecule has 176 valence electrons. The molecule has 3 aromatic carbocycles. The molecule has 0 bridgehead atoms. The fraction of sp³-hybridized carbons (Fsp3) is 0.192. The Labute approximate surface area is 212 Å². The van der Waals surface area contributed by atoms with Crippen LogP contribution >= 0.6 is 27.3 Å². The first kappa shape index (κ1) is 24.4. The highest BCUT2D eigenvalue weighted by Gasteiger charge is 2.22. The molecule has 0 radical (unpaired) electrons. The highest BCUT2D eigenvalue weighted by atomic mass is 79.9. The van der Waals surface area contributed by atoms with Crippen LogP contribution in [0.25, 0.3) is 10.1 Å². The Bertz CT molecular complexity index is 1400. The molecule has 8 heteroatoms. The summed E-state index contributed by atoms with van der Waals surface area (Å²) in [4.78, 5) is 13.6. The zero-order valence-electron chi connectivity index (χ0n) is 18.9. The van der Waals surface area contributed by atoms with E-state index in [1.807, 2.05) is 37.3 Å². The van der Waals surface area contributed by atoms with E-state index in [4.69, 9.17) is 0 Å². The van der Waals surface area contributed by atoms with Crippen LogP contribution in [0.5, 0.6) is 0 Å². The fourth-order valence-corrected chi connectivity index (χ4v) is 6.03. The van der Waals surface area contributed by atoms with Crippen LogP contribution in [-0.2, 0) is 16.4 Å². The molecule has 0 saturated heterocycles. The first-order valence-electron chi connectivity index (χ1n) is 10.9. The Balaban J connectivity index is 1.47. The van der Waals surface area contributed by atoms with Crippen LogP contribution in [0, 0.1) is 0 Å². The highest BCUT2D eigenvalue weighted by Crippen LogP contribution is 2.31. The number of halogens is 1. The van der Waals surface area contributed by atoms with Crippen LogP contribution in [0.2, 0.25) is 0 Å². The summed E-state index contributed by atoms with van der Waals surface area (Å²) in [5, 5.41) is 3.91. The quantitative estimate of drug-likeness (QED) is 0.279. The van der Waals surface area contributed by atoms with Gasteiger partial charge in [-0.3, -0.25) is 9.10 Å². The van der Waals surface area contributed by atoms with Gasteiger partial charge in [0.2, 0.25) is 0 Å². The first-order chi connectivity index (χ1) is 16.2. The van der Waals surface area contributed by atoms with Gasteiger partial charge in [-0.1, -0.05) is 46.3 Å². The lowest BCUT2D eigenvalue weighted by Crippen LogP contribution is -2.32. The molecule has 0 aliphatic heterocycles. The van der Waals surface area contributed by atoms with Gasteiger partial charge in [-0.2, -0.15) is 0 Å². The van der Waals surface area contributed by atoms with E-state index in [1.54, 1.807) is 36.4 Å². The lowest BCUT2D eigenvalue weighted by molar-refractivity contribution is 0.0942. The molecule has 5 nitrogen and oxygen atoms in total. The van der Waals surface area contributed by atoms with Gasteiger partial charge in [-0.25, -0.2) is 8.42 Å². The molecule has 0 unspecified atom stereocenters. The zero-order valence-corrected chi connectivity index (χ0v) is 22.1. The van der Waals surface area contributed by atoms with E-state index in [9.17, 15) is 13.2 Å². The molecule has 0 spiro atoms. The number of hydrogen-bond donors (Lipinski definition) is 1. The van der Waals surface area contributed by atoms with E-state index in [1.165, 1.54) is 28.3 Å². The molecular formula is C26H25BrN2O3S2. The number of carbonyl (C=O) groups is 1. The molecule has 34 heavy (non-hydrogen) atoms. The molecule has 0 saturated carbocycles. The van der Waals surface area contributed by atoms with E-state index in [0.717, 1.165) is 27.4 Å². The number of benzene rings is 3. The van der Waals surface area contributed by atoms with E-state index in [2.05, 4.69) is 33.4 Å². The minimum Gasteiger partial charge on any atom is -0.349 e. The average Bonchev–Trinajstić information content (AvgIpc) is 3.27. The van der Waals surface area contributed by atoms with Crippen LogP contribution < -0.4 is 9.62 Å². The first-order valence-corrected chi connectivity index (χ1v) is 13.9. The van der Waals surface area contributed by atoms with Gasteiger partial charge < -0.3 is 5.32 Å². The van der Waals surface area contributed by atoms with Gasteiger partial charge in [-0.05, 0) is 79.2 Å². The average molecular weight is 558 g/mol. The highest BCUT2D eigenvalue weighted by molar-refractivity contribution is 9.10. The van der Waals surface area contributed by atoms with Gasteiger partial charge in [-0.15, -0.1) is 11.3 Å². The number of thiophene rings is 1. The van der Waals surface area contributed by atoms with Gasteiger partial charge in [0, 0.05) is 22.3 Å². The molecule has 4 aromatic rings. The van der Waals surface area contributed by atoms with Crippen LogP contribution in [0.3, 0.4) is 0 Å². The molecule has 1 atom stereocenters. The number of nitrogens with one attached hydrogen (secondary N) is 1. The molecule has 1 amide bonds. The number of sulfonamides is 1.